The first-order valence-electron chi connectivity index (χ1n) is 4.16. The zero-order valence-electron chi connectivity index (χ0n) is 8.05. The van der Waals surface area contributed by atoms with Crippen LogP contribution in [0.5, 0.6) is 0 Å². The molecule has 0 fully saturated rings. The van der Waals surface area contributed by atoms with Crippen molar-refractivity contribution in [3.63, 3.8) is 0 Å². The maximum absolute atomic E-state index is 9.17. The Balaban J connectivity index is 3.88. The van der Waals surface area contributed by atoms with Crippen molar-refractivity contribution in [2.45, 2.75) is 27.2 Å². The number of hydrogen-bond acceptors (Lipinski definition) is 2. The van der Waals surface area contributed by atoms with Crippen LogP contribution in [-0.4, -0.2) is 23.7 Å². The van der Waals surface area contributed by atoms with Gasteiger partial charge in [-0.15, -0.1) is 0 Å². The average molecular weight is 176 g/mol. The van der Waals surface area contributed by atoms with Gasteiger partial charge in [0.25, 0.3) is 0 Å². The van der Waals surface area contributed by atoms with E-state index < -0.39 is 0 Å². The molecular formula is C9H20OS. The standard InChI is InChI=1S/C9H20OS/c1-8(2)9(3,7-10)5-6-11-4/h8,10H,5-7H2,1-4H3. The molecule has 0 aliphatic carbocycles. The molecule has 0 aromatic carbocycles. The van der Waals surface area contributed by atoms with E-state index in [0.29, 0.717) is 12.5 Å². The van der Waals surface area contributed by atoms with E-state index in [2.05, 4.69) is 27.0 Å². The van der Waals surface area contributed by atoms with E-state index in [1.807, 2.05) is 11.8 Å². The quantitative estimate of drug-likeness (QED) is 0.694. The second-order valence-electron chi connectivity index (χ2n) is 3.71. The van der Waals surface area contributed by atoms with Gasteiger partial charge in [0.15, 0.2) is 0 Å². The number of thioether (sulfide) groups is 1. The SMILES string of the molecule is CSCCC(C)(CO)C(C)C. The normalized spacial score (nSPS) is 16.9. The highest BCUT2D eigenvalue weighted by molar-refractivity contribution is 7.98. The van der Waals surface area contributed by atoms with Crippen molar-refractivity contribution in [2.24, 2.45) is 11.3 Å². The van der Waals surface area contributed by atoms with Crippen LogP contribution >= 0.6 is 11.8 Å². The minimum atomic E-state index is 0.128. The van der Waals surface area contributed by atoms with E-state index in [1.54, 1.807) is 0 Å². The molecule has 0 saturated carbocycles. The van der Waals surface area contributed by atoms with Gasteiger partial charge in [-0.25, -0.2) is 0 Å². The van der Waals surface area contributed by atoms with Crippen molar-refractivity contribution in [3.05, 3.63) is 0 Å². The van der Waals surface area contributed by atoms with E-state index in [0.717, 1.165) is 12.2 Å². The highest BCUT2D eigenvalue weighted by Crippen LogP contribution is 2.31. The van der Waals surface area contributed by atoms with E-state index >= 15 is 0 Å². The zero-order valence-corrected chi connectivity index (χ0v) is 8.87. The summed E-state index contributed by atoms with van der Waals surface area (Å²) in [5.74, 6) is 1.72. The predicted octanol–water partition coefficient (Wildman–Crippen LogP) is 2.39. The third-order valence-electron chi connectivity index (χ3n) is 2.63. The minimum absolute atomic E-state index is 0.128. The third kappa shape index (κ3) is 3.48. The number of aliphatic hydroxyl groups is 1. The minimum Gasteiger partial charge on any atom is -0.396 e. The van der Waals surface area contributed by atoms with E-state index in [1.165, 1.54) is 0 Å². The Morgan fingerprint density at radius 3 is 2.27 bits per heavy atom. The Kier molecular flexibility index (Phi) is 5.19. The fourth-order valence-electron chi connectivity index (χ4n) is 0.886. The molecule has 0 spiro atoms. The lowest BCUT2D eigenvalue weighted by atomic mass is 9.78. The van der Waals surface area contributed by atoms with Gasteiger partial charge in [0.2, 0.25) is 0 Å². The van der Waals surface area contributed by atoms with Gasteiger partial charge < -0.3 is 5.11 Å². The molecule has 0 rings (SSSR count). The van der Waals surface area contributed by atoms with Crippen LogP contribution in [-0.2, 0) is 0 Å². The average Bonchev–Trinajstić information content (AvgIpc) is 2.00. The molecule has 0 aliphatic heterocycles. The summed E-state index contributed by atoms with van der Waals surface area (Å²) in [5.41, 5.74) is 0.128. The van der Waals surface area contributed by atoms with Crippen LogP contribution in [0.2, 0.25) is 0 Å². The van der Waals surface area contributed by atoms with Crippen LogP contribution in [0.3, 0.4) is 0 Å². The maximum atomic E-state index is 9.17. The Morgan fingerprint density at radius 2 is 2.00 bits per heavy atom. The lowest BCUT2D eigenvalue weighted by Crippen LogP contribution is -2.28. The first-order valence-corrected chi connectivity index (χ1v) is 5.56. The molecular weight excluding hydrogens is 156 g/mol. The molecule has 0 aromatic heterocycles. The molecule has 1 N–H and O–H groups in total. The van der Waals surface area contributed by atoms with Crippen LogP contribution < -0.4 is 0 Å². The van der Waals surface area contributed by atoms with E-state index in [4.69, 9.17) is 0 Å². The molecule has 0 radical (unpaired) electrons. The highest BCUT2D eigenvalue weighted by atomic mass is 32.2. The van der Waals surface area contributed by atoms with Crippen LogP contribution in [0.15, 0.2) is 0 Å². The monoisotopic (exact) mass is 176 g/mol. The van der Waals surface area contributed by atoms with Crippen molar-refractivity contribution < 1.29 is 5.11 Å². The van der Waals surface area contributed by atoms with Crippen molar-refractivity contribution in [1.82, 2.24) is 0 Å². The van der Waals surface area contributed by atoms with Gasteiger partial charge in [0, 0.05) is 6.61 Å². The Morgan fingerprint density at radius 1 is 1.45 bits per heavy atom. The first-order chi connectivity index (χ1) is 5.06. The molecule has 0 heterocycles. The fraction of sp³-hybridized carbons (Fsp3) is 1.00. The van der Waals surface area contributed by atoms with Crippen molar-refractivity contribution in [1.29, 1.82) is 0 Å². The summed E-state index contributed by atoms with van der Waals surface area (Å²) < 4.78 is 0. The lowest BCUT2D eigenvalue weighted by Gasteiger charge is -2.31. The first kappa shape index (κ1) is 11.3. The van der Waals surface area contributed by atoms with Gasteiger partial charge in [-0.1, -0.05) is 20.8 Å². The van der Waals surface area contributed by atoms with E-state index in [-0.39, 0.29) is 5.41 Å². The van der Waals surface area contributed by atoms with Gasteiger partial charge >= 0.3 is 0 Å². The zero-order chi connectivity index (χ0) is 8.91. The fourth-order valence-corrected chi connectivity index (χ4v) is 1.56. The third-order valence-corrected chi connectivity index (χ3v) is 3.24. The summed E-state index contributed by atoms with van der Waals surface area (Å²) in [6, 6.07) is 0. The van der Waals surface area contributed by atoms with Crippen LogP contribution in [0.1, 0.15) is 27.2 Å². The molecule has 0 aliphatic rings. The van der Waals surface area contributed by atoms with Crippen LogP contribution in [0.4, 0.5) is 0 Å². The second kappa shape index (κ2) is 5.04. The molecule has 1 nitrogen and oxygen atoms in total. The molecule has 1 atom stereocenters. The van der Waals surface area contributed by atoms with Gasteiger partial charge in [-0.05, 0) is 29.8 Å². The Bertz CT molecular complexity index is 104. The summed E-state index contributed by atoms with van der Waals surface area (Å²) in [6.45, 7) is 6.83. The Hall–Kier alpha value is 0.310. The van der Waals surface area contributed by atoms with Crippen LogP contribution in [0, 0.1) is 11.3 Å². The summed E-state index contributed by atoms with van der Waals surface area (Å²) in [4.78, 5) is 0. The topological polar surface area (TPSA) is 20.2 Å². The largest absolute Gasteiger partial charge is 0.396 e. The number of hydrogen-bond donors (Lipinski definition) is 1. The van der Waals surface area contributed by atoms with Gasteiger partial charge in [0.05, 0.1) is 0 Å². The van der Waals surface area contributed by atoms with Crippen molar-refractivity contribution >= 4 is 11.8 Å². The van der Waals surface area contributed by atoms with Gasteiger partial charge in [-0.2, -0.15) is 11.8 Å². The highest BCUT2D eigenvalue weighted by Gasteiger charge is 2.26. The molecule has 68 valence electrons. The van der Waals surface area contributed by atoms with Gasteiger partial charge in [-0.3, -0.25) is 0 Å². The molecule has 0 saturated heterocycles. The molecule has 0 amide bonds. The van der Waals surface area contributed by atoms with Gasteiger partial charge in [0.1, 0.15) is 0 Å². The van der Waals surface area contributed by atoms with Crippen LogP contribution in [0.25, 0.3) is 0 Å². The number of aliphatic hydroxyl groups excluding tert-OH is 1. The summed E-state index contributed by atoms with van der Waals surface area (Å²) >= 11 is 1.85. The Labute approximate surface area is 74.6 Å². The summed E-state index contributed by atoms with van der Waals surface area (Å²) in [7, 11) is 0. The van der Waals surface area contributed by atoms with E-state index in [9.17, 15) is 5.11 Å². The number of rotatable bonds is 5. The lowest BCUT2D eigenvalue weighted by molar-refractivity contribution is 0.0918. The smallest absolute Gasteiger partial charge is 0.0487 e. The van der Waals surface area contributed by atoms with Crippen molar-refractivity contribution in [3.8, 4) is 0 Å². The van der Waals surface area contributed by atoms with Crippen molar-refractivity contribution in [2.75, 3.05) is 18.6 Å². The maximum Gasteiger partial charge on any atom is 0.0487 e. The molecule has 1 unspecified atom stereocenters. The predicted molar refractivity (Wildman–Crippen MR) is 53.0 cm³/mol. The second-order valence-corrected chi connectivity index (χ2v) is 4.70. The summed E-state index contributed by atoms with van der Waals surface area (Å²) in [6.07, 6.45) is 3.22. The molecule has 0 bridgehead atoms. The molecule has 11 heavy (non-hydrogen) atoms. The molecule has 2 heteroatoms. The molecule has 0 aromatic rings. The summed E-state index contributed by atoms with van der Waals surface area (Å²) in [5, 5.41) is 9.17.